The predicted octanol–water partition coefficient (Wildman–Crippen LogP) is 1.61. The van der Waals surface area contributed by atoms with Crippen molar-refractivity contribution >= 4 is 17.3 Å². The van der Waals surface area contributed by atoms with Crippen LogP contribution in [0.5, 0.6) is 0 Å². The molecule has 1 aromatic heterocycles. The molecule has 0 bridgehead atoms. The summed E-state index contributed by atoms with van der Waals surface area (Å²) in [7, 11) is 0. The maximum atomic E-state index is 10.6. The number of hydrogen-bond acceptors (Lipinski definition) is 4. The third-order valence-corrected chi connectivity index (χ3v) is 2.78. The van der Waals surface area contributed by atoms with Crippen molar-refractivity contribution in [3.05, 3.63) is 16.6 Å². The van der Waals surface area contributed by atoms with Crippen molar-refractivity contribution in [3.63, 3.8) is 0 Å². The lowest BCUT2D eigenvalue weighted by molar-refractivity contribution is -0.138. The Hall–Kier alpha value is -0.940. The van der Waals surface area contributed by atoms with Gasteiger partial charge in [-0.2, -0.15) is 0 Å². The summed E-state index contributed by atoms with van der Waals surface area (Å²) >= 11 is 1.53. The van der Waals surface area contributed by atoms with Gasteiger partial charge in [0.15, 0.2) is 0 Å². The van der Waals surface area contributed by atoms with E-state index < -0.39 is 5.97 Å². The number of carbonyl (C=O) groups is 1. The standard InChI is InChI=1S/C9H14N2O2S/c1-3-11(4-9(12)13)7(2)8-5-14-6-10-8/h5-7H,3-4H2,1-2H3,(H,12,13). The summed E-state index contributed by atoms with van der Waals surface area (Å²) < 4.78 is 0. The average molecular weight is 214 g/mol. The Morgan fingerprint density at radius 2 is 2.50 bits per heavy atom. The van der Waals surface area contributed by atoms with Gasteiger partial charge in [-0.1, -0.05) is 6.92 Å². The Balaban J connectivity index is 2.65. The van der Waals surface area contributed by atoms with E-state index in [-0.39, 0.29) is 12.6 Å². The molecule has 0 aliphatic carbocycles. The van der Waals surface area contributed by atoms with E-state index >= 15 is 0 Å². The summed E-state index contributed by atoms with van der Waals surface area (Å²) in [5, 5.41) is 10.7. The van der Waals surface area contributed by atoms with Gasteiger partial charge in [0.25, 0.3) is 0 Å². The van der Waals surface area contributed by atoms with E-state index in [0.29, 0.717) is 6.54 Å². The average Bonchev–Trinajstić information content (AvgIpc) is 2.65. The smallest absolute Gasteiger partial charge is 0.317 e. The summed E-state index contributed by atoms with van der Waals surface area (Å²) in [6.45, 7) is 4.70. The Bertz CT molecular complexity index is 287. The predicted molar refractivity (Wildman–Crippen MR) is 55.4 cm³/mol. The molecule has 0 aliphatic rings. The molecule has 5 heteroatoms. The second-order valence-electron chi connectivity index (χ2n) is 3.05. The van der Waals surface area contributed by atoms with E-state index in [0.717, 1.165) is 5.69 Å². The number of aromatic nitrogens is 1. The first-order valence-electron chi connectivity index (χ1n) is 4.49. The molecule has 0 aliphatic heterocycles. The highest BCUT2D eigenvalue weighted by molar-refractivity contribution is 7.07. The number of carboxylic acids is 1. The summed E-state index contributed by atoms with van der Waals surface area (Å²) in [4.78, 5) is 16.6. The summed E-state index contributed by atoms with van der Waals surface area (Å²) in [6.07, 6.45) is 0. The first-order chi connectivity index (χ1) is 6.65. The molecule has 14 heavy (non-hydrogen) atoms. The second kappa shape index (κ2) is 5.07. The van der Waals surface area contributed by atoms with E-state index in [1.165, 1.54) is 11.3 Å². The van der Waals surface area contributed by atoms with Gasteiger partial charge >= 0.3 is 5.97 Å². The lowest BCUT2D eigenvalue weighted by Crippen LogP contribution is -2.32. The van der Waals surface area contributed by atoms with Gasteiger partial charge in [0.05, 0.1) is 23.8 Å². The molecule has 0 spiro atoms. The van der Waals surface area contributed by atoms with Crippen LogP contribution in [0, 0.1) is 0 Å². The van der Waals surface area contributed by atoms with E-state index in [1.807, 2.05) is 24.1 Å². The molecule has 0 amide bonds. The molecule has 1 atom stereocenters. The highest BCUT2D eigenvalue weighted by atomic mass is 32.1. The summed E-state index contributed by atoms with van der Waals surface area (Å²) in [6, 6.07) is 0.0716. The van der Waals surface area contributed by atoms with E-state index in [9.17, 15) is 4.79 Å². The van der Waals surface area contributed by atoms with Crippen molar-refractivity contribution in [2.24, 2.45) is 0 Å². The van der Waals surface area contributed by atoms with Gasteiger partial charge in [0.2, 0.25) is 0 Å². The number of carboxylic acid groups (broad SMARTS) is 1. The van der Waals surface area contributed by atoms with E-state index in [4.69, 9.17) is 5.11 Å². The molecule has 1 rings (SSSR count). The van der Waals surface area contributed by atoms with Crippen LogP contribution in [0.2, 0.25) is 0 Å². The fraction of sp³-hybridized carbons (Fsp3) is 0.556. The SMILES string of the molecule is CCN(CC(=O)O)C(C)c1cscn1. The lowest BCUT2D eigenvalue weighted by atomic mass is 10.2. The summed E-state index contributed by atoms with van der Waals surface area (Å²) in [5.41, 5.74) is 2.71. The minimum Gasteiger partial charge on any atom is -0.480 e. The molecule has 0 radical (unpaired) electrons. The summed E-state index contributed by atoms with van der Waals surface area (Å²) in [5.74, 6) is -0.797. The third-order valence-electron chi connectivity index (χ3n) is 2.17. The fourth-order valence-corrected chi connectivity index (χ4v) is 1.95. The van der Waals surface area contributed by atoms with Gasteiger partial charge in [-0.3, -0.25) is 9.69 Å². The number of aliphatic carboxylic acids is 1. The molecule has 0 saturated heterocycles. The first kappa shape index (κ1) is 11.1. The van der Waals surface area contributed by atoms with Gasteiger partial charge in [-0.15, -0.1) is 11.3 Å². The van der Waals surface area contributed by atoms with Crippen LogP contribution in [0.3, 0.4) is 0 Å². The normalized spacial score (nSPS) is 13.1. The molecular formula is C9H14N2O2S. The maximum Gasteiger partial charge on any atom is 0.317 e. The highest BCUT2D eigenvalue weighted by Gasteiger charge is 2.17. The molecule has 0 saturated carbocycles. The van der Waals surface area contributed by atoms with Gasteiger partial charge < -0.3 is 5.11 Å². The van der Waals surface area contributed by atoms with Crippen LogP contribution >= 0.6 is 11.3 Å². The molecular weight excluding hydrogens is 200 g/mol. The Kier molecular flexibility index (Phi) is 4.03. The quantitative estimate of drug-likeness (QED) is 0.809. The van der Waals surface area contributed by atoms with Crippen LogP contribution < -0.4 is 0 Å². The van der Waals surface area contributed by atoms with Crippen molar-refractivity contribution in [2.45, 2.75) is 19.9 Å². The van der Waals surface area contributed by atoms with Crippen LogP contribution in [0.1, 0.15) is 25.6 Å². The van der Waals surface area contributed by atoms with E-state index in [1.54, 1.807) is 5.51 Å². The molecule has 1 aromatic rings. The number of rotatable bonds is 5. The number of likely N-dealkylation sites (N-methyl/N-ethyl adjacent to an activating group) is 1. The zero-order valence-electron chi connectivity index (χ0n) is 8.30. The molecule has 0 fully saturated rings. The molecule has 1 unspecified atom stereocenters. The van der Waals surface area contributed by atoms with Gasteiger partial charge in [0.1, 0.15) is 0 Å². The molecule has 1 N–H and O–H groups in total. The van der Waals surface area contributed by atoms with Gasteiger partial charge in [0, 0.05) is 5.38 Å². The maximum absolute atomic E-state index is 10.6. The third kappa shape index (κ3) is 2.78. The monoisotopic (exact) mass is 214 g/mol. The fourth-order valence-electron chi connectivity index (χ4n) is 1.31. The number of thiazole rings is 1. The molecule has 0 aromatic carbocycles. The largest absolute Gasteiger partial charge is 0.480 e. The van der Waals surface area contributed by atoms with E-state index in [2.05, 4.69) is 4.98 Å². The van der Waals surface area contributed by atoms with Gasteiger partial charge in [-0.25, -0.2) is 4.98 Å². The van der Waals surface area contributed by atoms with Crippen LogP contribution in [0.4, 0.5) is 0 Å². The van der Waals surface area contributed by atoms with Crippen LogP contribution in [0.25, 0.3) is 0 Å². The Morgan fingerprint density at radius 3 is 2.93 bits per heavy atom. The highest BCUT2D eigenvalue weighted by Crippen LogP contribution is 2.18. The topological polar surface area (TPSA) is 53.4 Å². The molecule has 1 heterocycles. The first-order valence-corrected chi connectivity index (χ1v) is 5.43. The molecule has 78 valence electrons. The van der Waals surface area contributed by atoms with Crippen molar-refractivity contribution < 1.29 is 9.90 Å². The minimum absolute atomic E-state index is 0.0647. The van der Waals surface area contributed by atoms with Crippen LogP contribution in [-0.2, 0) is 4.79 Å². The zero-order chi connectivity index (χ0) is 10.6. The van der Waals surface area contributed by atoms with Crippen LogP contribution in [0.15, 0.2) is 10.9 Å². The Morgan fingerprint density at radius 1 is 1.79 bits per heavy atom. The van der Waals surface area contributed by atoms with Crippen molar-refractivity contribution in [2.75, 3.05) is 13.1 Å². The van der Waals surface area contributed by atoms with Crippen LogP contribution in [-0.4, -0.2) is 34.0 Å². The van der Waals surface area contributed by atoms with Crippen molar-refractivity contribution in [1.82, 2.24) is 9.88 Å². The van der Waals surface area contributed by atoms with Crippen molar-refractivity contribution in [1.29, 1.82) is 0 Å². The number of hydrogen-bond donors (Lipinski definition) is 1. The van der Waals surface area contributed by atoms with Crippen molar-refractivity contribution in [3.8, 4) is 0 Å². The second-order valence-corrected chi connectivity index (χ2v) is 3.76. The lowest BCUT2D eigenvalue weighted by Gasteiger charge is -2.24. The minimum atomic E-state index is -0.797. The number of nitrogens with zero attached hydrogens (tertiary/aromatic N) is 2. The zero-order valence-corrected chi connectivity index (χ0v) is 9.12. The molecule has 4 nitrogen and oxygen atoms in total. The Labute approximate surface area is 87.2 Å². The van der Waals surface area contributed by atoms with Gasteiger partial charge in [-0.05, 0) is 13.5 Å².